The standard InChI is InChI=1S/C13H20N2O3S/c1-11-5-3-4-6-13(11)19(17,18)15-8-7-14(2)12(9-15)10-16/h3-6,12,16H,7-10H2,1-2H3. The fraction of sp³-hybridized carbons (Fsp3) is 0.538. The molecule has 1 heterocycles. The predicted octanol–water partition coefficient (Wildman–Crippen LogP) is 0.292. The molecule has 1 aliphatic rings. The van der Waals surface area contributed by atoms with E-state index in [0.717, 1.165) is 5.56 Å². The average Bonchev–Trinajstić information content (AvgIpc) is 2.39. The van der Waals surface area contributed by atoms with E-state index in [1.165, 1.54) is 4.31 Å². The van der Waals surface area contributed by atoms with Gasteiger partial charge in [0.25, 0.3) is 0 Å². The molecule has 1 aromatic rings. The highest BCUT2D eigenvalue weighted by Crippen LogP contribution is 2.22. The number of likely N-dealkylation sites (N-methyl/N-ethyl adjacent to an activating group) is 1. The summed E-state index contributed by atoms with van der Waals surface area (Å²) < 4.78 is 26.7. The number of piperazine rings is 1. The summed E-state index contributed by atoms with van der Waals surface area (Å²) in [5.41, 5.74) is 0.752. The van der Waals surface area contributed by atoms with E-state index >= 15 is 0 Å². The maximum atomic E-state index is 12.6. The maximum absolute atomic E-state index is 12.6. The average molecular weight is 284 g/mol. The van der Waals surface area contributed by atoms with E-state index in [1.54, 1.807) is 25.1 Å². The van der Waals surface area contributed by atoms with E-state index in [2.05, 4.69) is 0 Å². The number of hydrogen-bond acceptors (Lipinski definition) is 4. The summed E-state index contributed by atoms with van der Waals surface area (Å²) in [5.74, 6) is 0. The first-order chi connectivity index (χ1) is 8.96. The molecule has 1 saturated heterocycles. The fourth-order valence-corrected chi connectivity index (χ4v) is 4.01. The second-order valence-corrected chi connectivity index (χ2v) is 6.85. The van der Waals surface area contributed by atoms with Crippen LogP contribution < -0.4 is 0 Å². The van der Waals surface area contributed by atoms with Gasteiger partial charge in [0, 0.05) is 25.7 Å². The molecule has 1 atom stereocenters. The highest BCUT2D eigenvalue weighted by Gasteiger charge is 2.32. The van der Waals surface area contributed by atoms with E-state index in [0.29, 0.717) is 24.5 Å². The minimum atomic E-state index is -3.46. The largest absolute Gasteiger partial charge is 0.395 e. The van der Waals surface area contributed by atoms with Crippen molar-refractivity contribution in [3.8, 4) is 0 Å². The van der Waals surface area contributed by atoms with Crippen LogP contribution in [0, 0.1) is 6.92 Å². The van der Waals surface area contributed by atoms with Crippen molar-refractivity contribution < 1.29 is 13.5 Å². The van der Waals surface area contributed by atoms with Crippen LogP contribution in [-0.2, 0) is 10.0 Å². The Morgan fingerprint density at radius 1 is 1.32 bits per heavy atom. The smallest absolute Gasteiger partial charge is 0.243 e. The molecule has 0 bridgehead atoms. The maximum Gasteiger partial charge on any atom is 0.243 e. The van der Waals surface area contributed by atoms with Gasteiger partial charge in [-0.15, -0.1) is 0 Å². The number of benzene rings is 1. The van der Waals surface area contributed by atoms with Gasteiger partial charge < -0.3 is 5.11 Å². The summed E-state index contributed by atoms with van der Waals surface area (Å²) in [5, 5.41) is 9.31. The molecule has 106 valence electrons. The van der Waals surface area contributed by atoms with E-state index in [1.807, 2.05) is 18.0 Å². The summed E-state index contributed by atoms with van der Waals surface area (Å²) in [6.45, 7) is 3.20. The van der Waals surface area contributed by atoms with Gasteiger partial charge in [0.05, 0.1) is 11.5 Å². The van der Waals surface area contributed by atoms with Gasteiger partial charge in [0.1, 0.15) is 0 Å². The minimum absolute atomic E-state index is 0.0315. The lowest BCUT2D eigenvalue weighted by Crippen LogP contribution is -2.54. The molecular weight excluding hydrogens is 264 g/mol. The highest BCUT2D eigenvalue weighted by molar-refractivity contribution is 7.89. The monoisotopic (exact) mass is 284 g/mol. The number of aryl methyl sites for hydroxylation is 1. The Morgan fingerprint density at radius 2 is 2.00 bits per heavy atom. The van der Waals surface area contributed by atoms with Gasteiger partial charge in [-0.1, -0.05) is 18.2 Å². The summed E-state index contributed by atoms with van der Waals surface area (Å²) in [6.07, 6.45) is 0. The molecule has 5 nitrogen and oxygen atoms in total. The first-order valence-electron chi connectivity index (χ1n) is 6.33. The number of aliphatic hydroxyl groups is 1. The van der Waals surface area contributed by atoms with Crippen molar-refractivity contribution in [2.45, 2.75) is 17.9 Å². The topological polar surface area (TPSA) is 60.9 Å². The van der Waals surface area contributed by atoms with Crippen molar-refractivity contribution in [3.05, 3.63) is 29.8 Å². The molecule has 0 aromatic heterocycles. The lowest BCUT2D eigenvalue weighted by molar-refractivity contribution is 0.0923. The van der Waals surface area contributed by atoms with Crippen molar-refractivity contribution in [3.63, 3.8) is 0 Å². The van der Waals surface area contributed by atoms with Gasteiger partial charge >= 0.3 is 0 Å². The number of nitrogens with zero attached hydrogens (tertiary/aromatic N) is 2. The zero-order chi connectivity index (χ0) is 14.0. The molecule has 2 rings (SSSR count). The van der Waals surface area contributed by atoms with E-state index in [-0.39, 0.29) is 12.6 Å². The van der Waals surface area contributed by atoms with Crippen molar-refractivity contribution in [2.24, 2.45) is 0 Å². The Labute approximate surface area is 114 Å². The normalized spacial score (nSPS) is 22.6. The van der Waals surface area contributed by atoms with Crippen molar-refractivity contribution in [1.82, 2.24) is 9.21 Å². The molecule has 1 aromatic carbocycles. The van der Waals surface area contributed by atoms with Crippen LogP contribution in [0.5, 0.6) is 0 Å². The summed E-state index contributed by atoms with van der Waals surface area (Å²) in [4.78, 5) is 2.35. The van der Waals surface area contributed by atoms with Crippen LogP contribution in [0.15, 0.2) is 29.2 Å². The molecule has 1 N–H and O–H groups in total. The van der Waals surface area contributed by atoms with Crippen LogP contribution in [0.25, 0.3) is 0 Å². The second-order valence-electron chi connectivity index (χ2n) is 4.95. The molecule has 0 amide bonds. The SMILES string of the molecule is Cc1ccccc1S(=O)(=O)N1CCN(C)C(CO)C1. The molecule has 0 saturated carbocycles. The van der Waals surface area contributed by atoms with Crippen molar-refractivity contribution >= 4 is 10.0 Å². The van der Waals surface area contributed by atoms with Gasteiger partial charge in [-0.3, -0.25) is 4.90 Å². The quantitative estimate of drug-likeness (QED) is 0.867. The summed E-state index contributed by atoms with van der Waals surface area (Å²) in [6, 6.07) is 6.87. The van der Waals surface area contributed by atoms with Gasteiger partial charge in [0.15, 0.2) is 0 Å². The first-order valence-corrected chi connectivity index (χ1v) is 7.77. The number of sulfonamides is 1. The Morgan fingerprint density at radius 3 is 2.63 bits per heavy atom. The predicted molar refractivity (Wildman–Crippen MR) is 73.4 cm³/mol. The van der Waals surface area contributed by atoms with Gasteiger partial charge in [-0.25, -0.2) is 8.42 Å². The van der Waals surface area contributed by atoms with Gasteiger partial charge in [-0.05, 0) is 25.6 Å². The summed E-state index contributed by atoms with van der Waals surface area (Å²) in [7, 11) is -1.56. The minimum Gasteiger partial charge on any atom is -0.395 e. The van der Waals surface area contributed by atoms with Crippen molar-refractivity contribution in [1.29, 1.82) is 0 Å². The Kier molecular flexibility index (Phi) is 4.25. The third-order valence-corrected chi connectivity index (χ3v) is 5.69. The molecular formula is C13H20N2O3S. The zero-order valence-corrected chi connectivity index (χ0v) is 12.1. The highest BCUT2D eigenvalue weighted by atomic mass is 32.2. The van der Waals surface area contributed by atoms with Crippen LogP contribution in [0.4, 0.5) is 0 Å². The van der Waals surface area contributed by atoms with Crippen LogP contribution in [0.1, 0.15) is 5.56 Å². The number of rotatable bonds is 3. The first kappa shape index (κ1) is 14.5. The van der Waals surface area contributed by atoms with Gasteiger partial charge in [-0.2, -0.15) is 4.31 Å². The van der Waals surface area contributed by atoms with Crippen molar-refractivity contribution in [2.75, 3.05) is 33.3 Å². The molecule has 1 aliphatic heterocycles. The molecule has 0 aliphatic carbocycles. The lowest BCUT2D eigenvalue weighted by atomic mass is 10.2. The molecule has 1 fully saturated rings. The molecule has 0 radical (unpaired) electrons. The van der Waals surface area contributed by atoms with E-state index in [4.69, 9.17) is 0 Å². The lowest BCUT2D eigenvalue weighted by Gasteiger charge is -2.37. The third kappa shape index (κ3) is 2.81. The molecule has 6 heteroatoms. The molecule has 1 unspecified atom stereocenters. The number of hydrogen-bond donors (Lipinski definition) is 1. The van der Waals surface area contributed by atoms with Gasteiger partial charge in [0.2, 0.25) is 10.0 Å². The van der Waals surface area contributed by atoms with Crippen LogP contribution in [0.3, 0.4) is 0 Å². The van der Waals surface area contributed by atoms with E-state index < -0.39 is 10.0 Å². The number of aliphatic hydroxyl groups excluding tert-OH is 1. The van der Waals surface area contributed by atoms with Crippen LogP contribution in [0.2, 0.25) is 0 Å². The van der Waals surface area contributed by atoms with Crippen LogP contribution >= 0.6 is 0 Å². The third-order valence-electron chi connectivity index (χ3n) is 3.66. The molecule has 19 heavy (non-hydrogen) atoms. The Hall–Kier alpha value is -0.950. The summed E-state index contributed by atoms with van der Waals surface area (Å²) >= 11 is 0. The Balaban J connectivity index is 2.28. The zero-order valence-electron chi connectivity index (χ0n) is 11.3. The molecule has 0 spiro atoms. The fourth-order valence-electron chi connectivity index (χ4n) is 2.32. The van der Waals surface area contributed by atoms with Crippen LogP contribution in [-0.4, -0.2) is 62.1 Å². The van der Waals surface area contributed by atoms with E-state index in [9.17, 15) is 13.5 Å². The second kappa shape index (κ2) is 5.58. The Bertz CT molecular complexity index is 545.